The van der Waals surface area contributed by atoms with Crippen molar-refractivity contribution in [3.8, 4) is 5.75 Å². The van der Waals surface area contributed by atoms with Gasteiger partial charge in [0, 0.05) is 34.0 Å². The number of amides is 1. The largest absolute Gasteiger partial charge is 0.507 e. The molecule has 1 aliphatic heterocycles. The molecule has 0 aliphatic carbocycles. The number of aryl methyl sites for hydroxylation is 1. The number of non-ortho nitro benzene ring substituents is 1. The molecule has 1 atom stereocenters. The smallest absolute Gasteiger partial charge is 0.300 e. The molecule has 1 unspecified atom stereocenters. The average molecular weight is 479 g/mol. The molecule has 0 aromatic heterocycles. The van der Waals surface area contributed by atoms with Crippen molar-refractivity contribution in [1.29, 1.82) is 0 Å². The number of ketones is 1. The van der Waals surface area contributed by atoms with E-state index in [2.05, 4.69) is 0 Å². The molecule has 0 saturated carbocycles. The van der Waals surface area contributed by atoms with Crippen LogP contribution in [0.5, 0.6) is 5.75 Å². The Morgan fingerprint density at radius 1 is 1.09 bits per heavy atom. The van der Waals surface area contributed by atoms with Crippen LogP contribution in [0.25, 0.3) is 5.76 Å². The zero-order valence-electron chi connectivity index (χ0n) is 18.2. The SMILES string of the molecule is COc1ccccc1C1/C(=C(\O)c2cccc([N+](=O)[O-])c2)C(=O)C(=O)N1c1ccc(C)c(Cl)c1. The lowest BCUT2D eigenvalue weighted by atomic mass is 9.94. The van der Waals surface area contributed by atoms with Crippen LogP contribution in [-0.2, 0) is 9.59 Å². The third-order valence-electron chi connectivity index (χ3n) is 5.64. The van der Waals surface area contributed by atoms with Gasteiger partial charge >= 0.3 is 0 Å². The number of ether oxygens (including phenoxy) is 1. The molecule has 0 bridgehead atoms. The molecule has 1 fully saturated rings. The monoisotopic (exact) mass is 478 g/mol. The first-order valence-corrected chi connectivity index (χ1v) is 10.6. The summed E-state index contributed by atoms with van der Waals surface area (Å²) in [6.45, 7) is 1.81. The second-order valence-corrected chi connectivity index (χ2v) is 8.06. The lowest BCUT2D eigenvalue weighted by molar-refractivity contribution is -0.384. The molecule has 1 amide bonds. The van der Waals surface area contributed by atoms with Crippen LogP contribution in [0.15, 0.2) is 72.3 Å². The maximum atomic E-state index is 13.2. The number of halogens is 1. The Kier molecular flexibility index (Phi) is 6.08. The highest BCUT2D eigenvalue weighted by atomic mass is 35.5. The number of para-hydroxylation sites is 1. The molecule has 0 radical (unpaired) electrons. The Bertz CT molecular complexity index is 1370. The standard InChI is InChI=1S/C25H19ClN2O6/c1-14-10-11-16(13-19(14)26)27-22(18-8-3-4-9-20(18)34-2)21(24(30)25(27)31)23(29)15-6-5-7-17(12-15)28(32)33/h3-13,22,29H,1-2H3/b23-21+. The van der Waals surface area contributed by atoms with Gasteiger partial charge in [-0.25, -0.2) is 0 Å². The van der Waals surface area contributed by atoms with Crippen LogP contribution in [0.2, 0.25) is 5.02 Å². The number of carbonyl (C=O) groups is 2. The number of rotatable bonds is 5. The number of hydrogen-bond acceptors (Lipinski definition) is 6. The average Bonchev–Trinajstić information content (AvgIpc) is 3.10. The fourth-order valence-corrected chi connectivity index (χ4v) is 4.11. The Hall–Kier alpha value is -4.17. The number of methoxy groups -OCH3 is 1. The van der Waals surface area contributed by atoms with Crippen molar-refractivity contribution in [2.24, 2.45) is 0 Å². The number of nitrogens with zero attached hydrogens (tertiary/aromatic N) is 2. The highest BCUT2D eigenvalue weighted by molar-refractivity contribution is 6.52. The molecular formula is C25H19ClN2O6. The number of aliphatic hydroxyl groups excluding tert-OH is 1. The van der Waals surface area contributed by atoms with Gasteiger partial charge in [0.15, 0.2) is 0 Å². The third kappa shape index (κ3) is 3.88. The van der Waals surface area contributed by atoms with Gasteiger partial charge in [-0.3, -0.25) is 24.6 Å². The molecular weight excluding hydrogens is 460 g/mol. The predicted octanol–water partition coefficient (Wildman–Crippen LogP) is 5.19. The fraction of sp³-hybridized carbons (Fsp3) is 0.120. The van der Waals surface area contributed by atoms with Gasteiger partial charge in [0.1, 0.15) is 11.5 Å². The first kappa shape index (κ1) is 23.0. The van der Waals surface area contributed by atoms with E-state index in [1.165, 1.54) is 30.2 Å². The second-order valence-electron chi connectivity index (χ2n) is 7.65. The van der Waals surface area contributed by atoms with Crippen molar-refractivity contribution in [3.63, 3.8) is 0 Å². The number of anilines is 1. The highest BCUT2D eigenvalue weighted by Crippen LogP contribution is 2.45. The van der Waals surface area contributed by atoms with Crippen molar-refractivity contribution in [2.75, 3.05) is 12.0 Å². The van der Waals surface area contributed by atoms with E-state index in [0.29, 0.717) is 22.0 Å². The molecule has 3 aromatic carbocycles. The zero-order valence-corrected chi connectivity index (χ0v) is 18.9. The quantitative estimate of drug-likeness (QED) is 0.177. The molecule has 0 spiro atoms. The number of carbonyl (C=O) groups excluding carboxylic acids is 2. The summed E-state index contributed by atoms with van der Waals surface area (Å²) in [5.74, 6) is -1.94. The summed E-state index contributed by atoms with van der Waals surface area (Å²) in [5, 5.41) is 22.8. The minimum absolute atomic E-state index is 0.0361. The van der Waals surface area contributed by atoms with Gasteiger partial charge in [-0.15, -0.1) is 0 Å². The van der Waals surface area contributed by atoms with E-state index in [9.17, 15) is 24.8 Å². The maximum absolute atomic E-state index is 13.2. The van der Waals surface area contributed by atoms with Crippen LogP contribution in [0.3, 0.4) is 0 Å². The van der Waals surface area contributed by atoms with Gasteiger partial charge in [-0.05, 0) is 30.7 Å². The number of Topliss-reactive ketones (excluding diaryl/α,β-unsaturated/α-hetero) is 1. The van der Waals surface area contributed by atoms with E-state index in [0.717, 1.165) is 11.6 Å². The highest BCUT2D eigenvalue weighted by Gasteiger charge is 2.48. The van der Waals surface area contributed by atoms with Crippen LogP contribution in [0, 0.1) is 17.0 Å². The minimum Gasteiger partial charge on any atom is -0.507 e. The molecule has 3 aromatic rings. The Morgan fingerprint density at radius 2 is 1.82 bits per heavy atom. The van der Waals surface area contributed by atoms with Crippen molar-refractivity contribution < 1.29 is 24.4 Å². The van der Waals surface area contributed by atoms with E-state index in [-0.39, 0.29) is 16.8 Å². The van der Waals surface area contributed by atoms with Crippen LogP contribution >= 0.6 is 11.6 Å². The summed E-state index contributed by atoms with van der Waals surface area (Å²) in [6.07, 6.45) is 0. The van der Waals surface area contributed by atoms with Crippen molar-refractivity contribution >= 4 is 40.4 Å². The zero-order chi connectivity index (χ0) is 24.6. The molecule has 1 aliphatic rings. The normalized spacial score (nSPS) is 17.1. The van der Waals surface area contributed by atoms with Gasteiger partial charge in [0.25, 0.3) is 17.4 Å². The number of aliphatic hydroxyl groups is 1. The molecule has 34 heavy (non-hydrogen) atoms. The summed E-state index contributed by atoms with van der Waals surface area (Å²) < 4.78 is 5.47. The fourth-order valence-electron chi connectivity index (χ4n) is 3.94. The number of benzene rings is 3. The van der Waals surface area contributed by atoms with Gasteiger partial charge < -0.3 is 9.84 Å². The number of nitro benzene ring substituents is 1. The van der Waals surface area contributed by atoms with Crippen molar-refractivity contribution in [3.05, 3.63) is 104 Å². The van der Waals surface area contributed by atoms with Crippen molar-refractivity contribution in [2.45, 2.75) is 13.0 Å². The van der Waals surface area contributed by atoms with Crippen LogP contribution in [0.1, 0.15) is 22.7 Å². The lowest BCUT2D eigenvalue weighted by Crippen LogP contribution is -2.29. The second kappa shape index (κ2) is 8.99. The van der Waals surface area contributed by atoms with E-state index in [4.69, 9.17) is 16.3 Å². The van der Waals surface area contributed by atoms with Gasteiger partial charge in [-0.2, -0.15) is 0 Å². The molecule has 1 N–H and O–H groups in total. The molecule has 1 saturated heterocycles. The van der Waals surface area contributed by atoms with Gasteiger partial charge in [-0.1, -0.05) is 48.0 Å². The maximum Gasteiger partial charge on any atom is 0.300 e. The molecule has 4 rings (SSSR count). The lowest BCUT2D eigenvalue weighted by Gasteiger charge is -2.27. The van der Waals surface area contributed by atoms with Gasteiger partial charge in [0.2, 0.25) is 0 Å². The van der Waals surface area contributed by atoms with Crippen molar-refractivity contribution in [1.82, 2.24) is 0 Å². The Balaban J connectivity index is 2.00. The topological polar surface area (TPSA) is 110 Å². The van der Waals surface area contributed by atoms with Gasteiger partial charge in [0.05, 0.1) is 23.6 Å². The predicted molar refractivity (Wildman–Crippen MR) is 127 cm³/mol. The van der Waals surface area contributed by atoms with Crippen LogP contribution in [0.4, 0.5) is 11.4 Å². The summed E-state index contributed by atoms with van der Waals surface area (Å²) >= 11 is 6.30. The van der Waals surface area contributed by atoms with E-state index >= 15 is 0 Å². The summed E-state index contributed by atoms with van der Waals surface area (Å²) in [5.41, 5.74) is 1.14. The Morgan fingerprint density at radius 3 is 2.50 bits per heavy atom. The van der Waals surface area contributed by atoms with E-state index in [1.807, 2.05) is 0 Å². The number of hydrogen-bond donors (Lipinski definition) is 1. The van der Waals surface area contributed by atoms with E-state index in [1.54, 1.807) is 49.4 Å². The number of nitro groups is 1. The molecule has 9 heteroatoms. The summed E-state index contributed by atoms with van der Waals surface area (Å²) in [7, 11) is 1.45. The summed E-state index contributed by atoms with van der Waals surface area (Å²) in [6, 6.07) is 15.9. The summed E-state index contributed by atoms with van der Waals surface area (Å²) in [4.78, 5) is 38.4. The van der Waals surface area contributed by atoms with Crippen LogP contribution < -0.4 is 9.64 Å². The Labute approximate surface area is 199 Å². The molecule has 1 heterocycles. The van der Waals surface area contributed by atoms with Crippen LogP contribution in [-0.4, -0.2) is 28.8 Å². The minimum atomic E-state index is -1.06. The molecule has 8 nitrogen and oxygen atoms in total. The third-order valence-corrected chi connectivity index (χ3v) is 6.05. The first-order chi connectivity index (χ1) is 16.2. The van der Waals surface area contributed by atoms with E-state index < -0.39 is 28.4 Å². The first-order valence-electron chi connectivity index (χ1n) is 10.2. The molecule has 172 valence electrons.